The van der Waals surface area contributed by atoms with Gasteiger partial charge in [-0.25, -0.2) is 14.5 Å². The summed E-state index contributed by atoms with van der Waals surface area (Å²) in [5, 5.41) is 0. The summed E-state index contributed by atoms with van der Waals surface area (Å²) >= 11 is 0. The summed E-state index contributed by atoms with van der Waals surface area (Å²) in [6.45, 7) is 5.96. The molecule has 0 unspecified atom stereocenters. The Morgan fingerprint density at radius 2 is 1.34 bits per heavy atom. The van der Waals surface area contributed by atoms with E-state index in [4.69, 9.17) is 18.8 Å². The van der Waals surface area contributed by atoms with E-state index < -0.39 is 0 Å². The van der Waals surface area contributed by atoms with Crippen molar-refractivity contribution >= 4 is 50.7 Å². The van der Waals surface area contributed by atoms with E-state index in [1.807, 2.05) is 48.5 Å². The van der Waals surface area contributed by atoms with Crippen LogP contribution in [0.3, 0.4) is 0 Å². The van der Waals surface area contributed by atoms with Crippen molar-refractivity contribution in [2.75, 3.05) is 23.4 Å². The van der Waals surface area contributed by atoms with Gasteiger partial charge < -0.3 is 18.6 Å². The van der Waals surface area contributed by atoms with E-state index in [2.05, 4.69) is 125 Å². The standard InChI is InChI=1S/C42H35N6O2/c1-4-46-35-26-28(41-43-31-16-9-11-18-37(31)49-41)22-24-33(35)45(3)39(46)20-13-21-40-47(5-2)36-27-29(42-44-32-17-10-12-19-38(32)50-42)23-25-34(36)48(40)30-14-7-6-8-15-30/h6-27H,4-5H2,1-3H3/q+1. The number of oxazole rings is 2. The number of hydrogen-bond donors (Lipinski definition) is 0. The summed E-state index contributed by atoms with van der Waals surface area (Å²) in [6.07, 6.45) is 6.56. The summed E-state index contributed by atoms with van der Waals surface area (Å²) < 4.78 is 16.9. The molecule has 4 heterocycles. The van der Waals surface area contributed by atoms with Gasteiger partial charge in [-0.15, -0.1) is 0 Å². The van der Waals surface area contributed by atoms with Crippen molar-refractivity contribution in [2.45, 2.75) is 20.4 Å². The molecule has 0 fully saturated rings. The van der Waals surface area contributed by atoms with Crippen molar-refractivity contribution in [1.29, 1.82) is 0 Å². The molecule has 8 heteroatoms. The highest BCUT2D eigenvalue weighted by atomic mass is 16.4. The lowest BCUT2D eigenvalue weighted by Crippen LogP contribution is -2.35. The zero-order valence-corrected chi connectivity index (χ0v) is 28.1. The highest BCUT2D eigenvalue weighted by molar-refractivity contribution is 5.87. The number of aromatic nitrogens is 4. The van der Waals surface area contributed by atoms with Gasteiger partial charge in [0.15, 0.2) is 22.2 Å². The molecule has 0 saturated carbocycles. The van der Waals surface area contributed by atoms with Crippen LogP contribution in [0.25, 0.3) is 67.9 Å². The molecule has 3 aromatic heterocycles. The van der Waals surface area contributed by atoms with E-state index >= 15 is 0 Å². The number of benzene rings is 5. The van der Waals surface area contributed by atoms with Crippen molar-refractivity contribution in [3.05, 3.63) is 139 Å². The summed E-state index contributed by atoms with van der Waals surface area (Å²) in [5.41, 5.74) is 10.8. The van der Waals surface area contributed by atoms with Crippen molar-refractivity contribution in [2.24, 2.45) is 0 Å². The number of anilines is 2. The molecule has 0 atom stereocenters. The van der Waals surface area contributed by atoms with Gasteiger partial charge in [0.2, 0.25) is 11.8 Å². The number of allylic oxidation sites excluding steroid dienone is 2. The molecular weight excluding hydrogens is 621 g/mol. The van der Waals surface area contributed by atoms with Crippen LogP contribution < -0.4 is 14.4 Å². The van der Waals surface area contributed by atoms with Gasteiger partial charge in [-0.05, 0) is 86.7 Å². The van der Waals surface area contributed by atoms with Gasteiger partial charge >= 0.3 is 0 Å². The van der Waals surface area contributed by atoms with Gasteiger partial charge in [0.25, 0.3) is 5.82 Å². The Kier molecular flexibility index (Phi) is 7.09. The van der Waals surface area contributed by atoms with E-state index in [0.717, 1.165) is 86.2 Å². The van der Waals surface area contributed by atoms with Crippen molar-refractivity contribution < 1.29 is 13.4 Å². The van der Waals surface area contributed by atoms with Crippen LogP contribution in [0.1, 0.15) is 19.7 Å². The van der Waals surface area contributed by atoms with E-state index in [0.29, 0.717) is 11.8 Å². The van der Waals surface area contributed by atoms with Crippen LogP contribution in [-0.4, -0.2) is 28.1 Å². The minimum absolute atomic E-state index is 0.618. The van der Waals surface area contributed by atoms with Gasteiger partial charge in [-0.1, -0.05) is 48.5 Å². The Labute approximate surface area is 289 Å². The summed E-state index contributed by atoms with van der Waals surface area (Å²) in [6, 6.07) is 39.2. The molecule has 8 aromatic rings. The Morgan fingerprint density at radius 1 is 0.700 bits per heavy atom. The predicted octanol–water partition coefficient (Wildman–Crippen LogP) is 9.39. The second-order valence-electron chi connectivity index (χ2n) is 12.3. The quantitative estimate of drug-likeness (QED) is 0.159. The largest absolute Gasteiger partial charge is 0.436 e. The van der Waals surface area contributed by atoms with Crippen LogP contribution in [0.15, 0.2) is 142 Å². The first kappa shape index (κ1) is 29.7. The van der Waals surface area contributed by atoms with E-state index in [9.17, 15) is 0 Å². The molecule has 0 N–H and O–H groups in total. The third-order valence-electron chi connectivity index (χ3n) is 9.48. The molecule has 0 bridgehead atoms. The zero-order chi connectivity index (χ0) is 33.8. The molecule has 244 valence electrons. The lowest BCUT2D eigenvalue weighted by molar-refractivity contribution is -0.670. The number of rotatable bonds is 7. The number of imidazole rings is 1. The molecule has 1 aliphatic rings. The topological polar surface area (TPSA) is 67.4 Å². The first-order valence-electron chi connectivity index (χ1n) is 17.0. The third kappa shape index (κ3) is 4.79. The summed E-state index contributed by atoms with van der Waals surface area (Å²) in [7, 11) is 2.12. The van der Waals surface area contributed by atoms with E-state index in [-0.39, 0.29) is 0 Å². The molecule has 0 aliphatic carbocycles. The Morgan fingerprint density at radius 3 is 2.00 bits per heavy atom. The minimum atomic E-state index is 0.618. The SMILES string of the molecule is CCN1/C(=C/C=C/c2n(-c3ccccc3)c3ccc(-c4nc5ccccc5o4)cc3[n+]2CC)N(C)c2ccc(-c3nc4ccccc4o3)cc21. The minimum Gasteiger partial charge on any atom is -0.436 e. The molecule has 1 aliphatic heterocycles. The Hall–Kier alpha value is -6.41. The highest BCUT2D eigenvalue weighted by Gasteiger charge is 2.29. The lowest BCUT2D eigenvalue weighted by Gasteiger charge is -2.20. The number of nitrogens with zero attached hydrogens (tertiary/aromatic N) is 6. The van der Waals surface area contributed by atoms with E-state index in [1.165, 1.54) is 0 Å². The van der Waals surface area contributed by atoms with Gasteiger partial charge in [0.05, 0.1) is 17.9 Å². The maximum absolute atomic E-state index is 6.16. The van der Waals surface area contributed by atoms with Crippen LogP contribution in [0.5, 0.6) is 0 Å². The molecule has 9 rings (SSSR count). The lowest BCUT2D eigenvalue weighted by atomic mass is 10.1. The molecular formula is C42H35N6O2+. The second-order valence-corrected chi connectivity index (χ2v) is 12.3. The van der Waals surface area contributed by atoms with Gasteiger partial charge in [-0.2, -0.15) is 4.57 Å². The van der Waals surface area contributed by atoms with Crippen LogP contribution in [-0.2, 0) is 6.54 Å². The average Bonchev–Trinajstić information content (AvgIpc) is 3.92. The normalized spacial score (nSPS) is 13.9. The molecule has 0 saturated heterocycles. The van der Waals surface area contributed by atoms with Crippen LogP contribution >= 0.6 is 0 Å². The van der Waals surface area contributed by atoms with E-state index in [1.54, 1.807) is 0 Å². The van der Waals surface area contributed by atoms with Crippen molar-refractivity contribution in [3.63, 3.8) is 0 Å². The second kappa shape index (κ2) is 11.9. The fourth-order valence-corrected chi connectivity index (χ4v) is 7.10. The fourth-order valence-electron chi connectivity index (χ4n) is 7.10. The molecule has 50 heavy (non-hydrogen) atoms. The Bertz CT molecular complexity index is 2540. The van der Waals surface area contributed by atoms with Gasteiger partial charge in [0, 0.05) is 36.9 Å². The zero-order valence-electron chi connectivity index (χ0n) is 28.1. The molecule has 8 nitrogen and oxygen atoms in total. The monoisotopic (exact) mass is 655 g/mol. The highest BCUT2D eigenvalue weighted by Crippen LogP contribution is 2.43. The van der Waals surface area contributed by atoms with Crippen LogP contribution in [0, 0.1) is 0 Å². The molecule has 0 amide bonds. The molecule has 0 radical (unpaired) electrons. The van der Waals surface area contributed by atoms with Crippen LogP contribution in [0.2, 0.25) is 0 Å². The van der Waals surface area contributed by atoms with Crippen LogP contribution in [0.4, 0.5) is 11.4 Å². The van der Waals surface area contributed by atoms with Gasteiger partial charge in [-0.3, -0.25) is 0 Å². The first-order valence-corrected chi connectivity index (χ1v) is 17.0. The Balaban J connectivity index is 1.11. The number of aryl methyl sites for hydroxylation is 1. The third-order valence-corrected chi connectivity index (χ3v) is 9.48. The predicted molar refractivity (Wildman–Crippen MR) is 200 cm³/mol. The molecule has 5 aromatic carbocycles. The summed E-state index contributed by atoms with van der Waals surface area (Å²) in [5.74, 6) is 3.41. The smallest absolute Gasteiger partial charge is 0.287 e. The number of hydrogen-bond acceptors (Lipinski definition) is 6. The summed E-state index contributed by atoms with van der Waals surface area (Å²) in [4.78, 5) is 14.1. The first-order chi connectivity index (χ1) is 24.6. The average molecular weight is 656 g/mol. The number of para-hydroxylation sites is 5. The maximum Gasteiger partial charge on any atom is 0.287 e. The van der Waals surface area contributed by atoms with Crippen molar-refractivity contribution in [3.8, 4) is 28.6 Å². The fraction of sp³-hybridized carbons (Fsp3) is 0.119. The molecule has 0 spiro atoms. The van der Waals surface area contributed by atoms with Crippen molar-refractivity contribution in [1.82, 2.24) is 14.5 Å². The van der Waals surface area contributed by atoms with Gasteiger partial charge in [0.1, 0.15) is 22.5 Å². The maximum atomic E-state index is 6.16. The number of fused-ring (bicyclic) bond motifs is 4.